The van der Waals surface area contributed by atoms with Crippen molar-refractivity contribution in [2.24, 2.45) is 0 Å². The molecule has 0 aliphatic heterocycles. The van der Waals surface area contributed by atoms with Gasteiger partial charge in [-0.25, -0.2) is 0 Å². The van der Waals surface area contributed by atoms with Gasteiger partial charge in [-0.15, -0.1) is 0 Å². The summed E-state index contributed by atoms with van der Waals surface area (Å²) in [6, 6.07) is 0. The van der Waals surface area contributed by atoms with Gasteiger partial charge in [0.1, 0.15) is 0 Å². The Kier molecular flexibility index (Phi) is 5.50. The Morgan fingerprint density at radius 1 is 1.23 bits per heavy atom. The topological polar surface area (TPSA) is 26.3 Å². The van der Waals surface area contributed by atoms with Gasteiger partial charge in [-0.3, -0.25) is 4.79 Å². The molecule has 0 saturated heterocycles. The monoisotopic (exact) mass is 198 g/mol. The number of hydrogen-bond donors (Lipinski definition) is 0. The van der Waals surface area contributed by atoms with Crippen molar-refractivity contribution in [1.29, 1.82) is 0 Å². The number of alkyl halides is 3. The Balaban J connectivity index is 3.13. The first-order valence-electron chi connectivity index (χ1n) is 4.12. The van der Waals surface area contributed by atoms with Crippen LogP contribution in [0.2, 0.25) is 0 Å². The summed E-state index contributed by atoms with van der Waals surface area (Å²) in [5, 5.41) is 0. The van der Waals surface area contributed by atoms with Crippen molar-refractivity contribution in [2.45, 2.75) is 38.8 Å². The third kappa shape index (κ3) is 11.3. The number of carbonyl (C=O) groups is 1. The molecule has 0 spiro atoms. The minimum Gasteiger partial charge on any atom is -0.466 e. The Hall–Kier alpha value is -0.740. The number of rotatable bonds is 5. The first-order chi connectivity index (χ1) is 5.92. The molecule has 2 nitrogen and oxygen atoms in total. The average Bonchev–Trinajstić information content (AvgIpc) is 1.93. The molecule has 78 valence electrons. The van der Waals surface area contributed by atoms with Gasteiger partial charge in [0.2, 0.25) is 0 Å². The molecule has 0 bridgehead atoms. The highest BCUT2D eigenvalue weighted by atomic mass is 19.4. The van der Waals surface area contributed by atoms with E-state index < -0.39 is 18.6 Å². The lowest BCUT2D eigenvalue weighted by Gasteiger charge is -2.05. The lowest BCUT2D eigenvalue weighted by molar-refractivity contribution is -0.142. The molecular weight excluding hydrogens is 185 g/mol. The van der Waals surface area contributed by atoms with Crippen molar-refractivity contribution < 1.29 is 22.7 Å². The number of hydrogen-bond acceptors (Lipinski definition) is 2. The Morgan fingerprint density at radius 2 is 1.85 bits per heavy atom. The van der Waals surface area contributed by atoms with E-state index in [1.165, 1.54) is 6.92 Å². The lowest BCUT2D eigenvalue weighted by Crippen LogP contribution is -2.07. The van der Waals surface area contributed by atoms with Crippen LogP contribution < -0.4 is 0 Å². The molecule has 0 saturated carbocycles. The number of unbranched alkanes of at least 4 members (excludes halogenated alkanes) is 2. The maximum Gasteiger partial charge on any atom is 0.389 e. The van der Waals surface area contributed by atoms with Gasteiger partial charge < -0.3 is 4.74 Å². The second-order valence-electron chi connectivity index (χ2n) is 2.77. The molecule has 0 rings (SSSR count). The minimum atomic E-state index is -4.07. The van der Waals surface area contributed by atoms with Gasteiger partial charge in [-0.1, -0.05) is 0 Å². The average molecular weight is 198 g/mol. The van der Waals surface area contributed by atoms with Crippen LogP contribution in [0.25, 0.3) is 0 Å². The Morgan fingerprint density at radius 3 is 2.31 bits per heavy atom. The summed E-state index contributed by atoms with van der Waals surface area (Å²) in [6.07, 6.45) is -3.79. The molecule has 0 heterocycles. The maximum absolute atomic E-state index is 11.6. The molecule has 0 atom stereocenters. The van der Waals surface area contributed by atoms with Crippen molar-refractivity contribution in [3.63, 3.8) is 0 Å². The second-order valence-corrected chi connectivity index (χ2v) is 2.77. The van der Waals surface area contributed by atoms with E-state index in [0.29, 0.717) is 12.8 Å². The van der Waals surface area contributed by atoms with Gasteiger partial charge in [0.15, 0.2) is 0 Å². The fourth-order valence-corrected chi connectivity index (χ4v) is 0.820. The van der Waals surface area contributed by atoms with E-state index in [9.17, 15) is 18.0 Å². The summed E-state index contributed by atoms with van der Waals surface area (Å²) in [5.74, 6) is -0.393. The minimum absolute atomic E-state index is 0.102. The van der Waals surface area contributed by atoms with Gasteiger partial charge in [0, 0.05) is 13.3 Å². The molecule has 0 fully saturated rings. The van der Waals surface area contributed by atoms with Gasteiger partial charge in [-0.2, -0.15) is 13.2 Å². The van der Waals surface area contributed by atoms with E-state index in [1.807, 2.05) is 0 Å². The van der Waals surface area contributed by atoms with E-state index in [-0.39, 0.29) is 13.0 Å². The highest BCUT2D eigenvalue weighted by Crippen LogP contribution is 2.22. The zero-order chi connectivity index (χ0) is 10.3. The fourth-order valence-electron chi connectivity index (χ4n) is 0.820. The van der Waals surface area contributed by atoms with E-state index in [0.717, 1.165) is 0 Å². The number of carbonyl (C=O) groups excluding carboxylic acids is 1. The van der Waals surface area contributed by atoms with Gasteiger partial charge in [-0.05, 0) is 19.3 Å². The van der Waals surface area contributed by atoms with Crippen LogP contribution in [0.5, 0.6) is 0 Å². The summed E-state index contributed by atoms with van der Waals surface area (Å²) >= 11 is 0. The molecule has 5 heteroatoms. The molecule has 0 aliphatic rings. The van der Waals surface area contributed by atoms with Gasteiger partial charge in [0.05, 0.1) is 6.61 Å². The third-order valence-electron chi connectivity index (χ3n) is 1.41. The van der Waals surface area contributed by atoms with Crippen LogP contribution in [0, 0.1) is 0 Å². The fraction of sp³-hybridized carbons (Fsp3) is 0.875. The highest BCUT2D eigenvalue weighted by Gasteiger charge is 2.25. The predicted octanol–water partition coefficient (Wildman–Crippen LogP) is 2.67. The normalized spacial score (nSPS) is 11.4. The molecule has 0 aliphatic carbocycles. The molecular formula is C8H13F3O2. The Bertz CT molecular complexity index is 154. The summed E-state index contributed by atoms with van der Waals surface area (Å²) < 4.78 is 39.4. The molecule has 0 aromatic rings. The van der Waals surface area contributed by atoms with Crippen LogP contribution in [0.3, 0.4) is 0 Å². The van der Waals surface area contributed by atoms with Crippen molar-refractivity contribution in [3.05, 3.63) is 0 Å². The standard InChI is InChI=1S/C8H13F3O2/c1-7(12)13-6-4-2-3-5-8(9,10)11/h2-6H2,1H3. The van der Waals surface area contributed by atoms with Crippen molar-refractivity contribution >= 4 is 5.97 Å². The zero-order valence-electron chi connectivity index (χ0n) is 7.49. The number of esters is 1. The predicted molar refractivity (Wildman–Crippen MR) is 41.2 cm³/mol. The Labute approximate surface area is 75.1 Å². The molecule has 0 N–H and O–H groups in total. The smallest absolute Gasteiger partial charge is 0.389 e. The number of ether oxygens (including phenoxy) is 1. The zero-order valence-corrected chi connectivity index (χ0v) is 7.49. The molecule has 0 amide bonds. The van der Waals surface area contributed by atoms with Crippen LogP contribution in [0.15, 0.2) is 0 Å². The largest absolute Gasteiger partial charge is 0.466 e. The first kappa shape index (κ1) is 12.3. The van der Waals surface area contributed by atoms with E-state index in [4.69, 9.17) is 0 Å². The van der Waals surface area contributed by atoms with E-state index >= 15 is 0 Å². The molecule has 0 radical (unpaired) electrons. The SMILES string of the molecule is CC(=O)OCCCCCC(F)(F)F. The molecule has 0 aromatic carbocycles. The summed E-state index contributed by atoms with van der Waals surface area (Å²) in [6.45, 7) is 1.49. The molecule has 13 heavy (non-hydrogen) atoms. The van der Waals surface area contributed by atoms with Crippen LogP contribution in [-0.4, -0.2) is 18.8 Å². The number of halogens is 3. The van der Waals surface area contributed by atoms with E-state index in [2.05, 4.69) is 4.74 Å². The molecule has 0 unspecified atom stereocenters. The molecule has 0 aromatic heterocycles. The third-order valence-corrected chi connectivity index (χ3v) is 1.41. The van der Waals surface area contributed by atoms with Crippen molar-refractivity contribution in [1.82, 2.24) is 0 Å². The first-order valence-corrected chi connectivity index (χ1v) is 4.12. The van der Waals surface area contributed by atoms with Gasteiger partial charge in [0.25, 0.3) is 0 Å². The lowest BCUT2D eigenvalue weighted by atomic mass is 10.2. The van der Waals surface area contributed by atoms with Crippen molar-refractivity contribution in [2.75, 3.05) is 6.61 Å². The van der Waals surface area contributed by atoms with Crippen LogP contribution in [-0.2, 0) is 9.53 Å². The van der Waals surface area contributed by atoms with Crippen molar-refractivity contribution in [3.8, 4) is 0 Å². The van der Waals surface area contributed by atoms with Crippen LogP contribution in [0.4, 0.5) is 13.2 Å². The van der Waals surface area contributed by atoms with E-state index in [1.54, 1.807) is 0 Å². The summed E-state index contributed by atoms with van der Waals surface area (Å²) in [7, 11) is 0. The van der Waals surface area contributed by atoms with Crippen LogP contribution in [0.1, 0.15) is 32.6 Å². The quantitative estimate of drug-likeness (QED) is 0.501. The summed E-state index contributed by atoms with van der Waals surface area (Å²) in [4.78, 5) is 10.2. The maximum atomic E-state index is 11.6. The summed E-state index contributed by atoms with van der Waals surface area (Å²) in [5.41, 5.74) is 0. The highest BCUT2D eigenvalue weighted by molar-refractivity contribution is 5.65. The second kappa shape index (κ2) is 5.83. The van der Waals surface area contributed by atoms with Crippen LogP contribution >= 0.6 is 0 Å². The van der Waals surface area contributed by atoms with Gasteiger partial charge >= 0.3 is 12.1 Å².